The van der Waals surface area contributed by atoms with Crippen LogP contribution in [0.5, 0.6) is 0 Å². The molecule has 0 aromatic carbocycles. The summed E-state index contributed by atoms with van der Waals surface area (Å²) in [4.78, 5) is 15.7. The van der Waals surface area contributed by atoms with Crippen molar-refractivity contribution in [1.82, 2.24) is 20.5 Å². The molecule has 0 atom stereocenters. The number of rotatable bonds is 3. The van der Waals surface area contributed by atoms with Crippen molar-refractivity contribution >= 4 is 5.97 Å². The van der Waals surface area contributed by atoms with Crippen LogP contribution in [0.15, 0.2) is 0 Å². The zero-order valence-electron chi connectivity index (χ0n) is 10.2. The number of aromatic amines is 1. The third kappa shape index (κ3) is 2.46. The number of carbonyl (C=O) groups is 1. The van der Waals surface area contributed by atoms with Gasteiger partial charge in [-0.2, -0.15) is 0 Å². The van der Waals surface area contributed by atoms with Crippen LogP contribution in [0.25, 0.3) is 0 Å². The lowest BCUT2D eigenvalue weighted by atomic mass is 9.80. The topological polar surface area (TPSA) is 79.9 Å². The van der Waals surface area contributed by atoms with Gasteiger partial charge in [0.2, 0.25) is 0 Å². The number of aromatic nitrogens is 3. The second-order valence-corrected chi connectivity index (χ2v) is 4.54. The summed E-state index contributed by atoms with van der Waals surface area (Å²) >= 11 is 0. The highest BCUT2D eigenvalue weighted by Gasteiger charge is 2.32. The molecular formula is C11H18N4O2. The number of nitrogens with zero attached hydrogens (tertiary/aromatic N) is 2. The van der Waals surface area contributed by atoms with Crippen molar-refractivity contribution in [3.63, 3.8) is 0 Å². The number of ether oxygens (including phenoxy) is 1. The van der Waals surface area contributed by atoms with Gasteiger partial charge in [-0.05, 0) is 32.9 Å². The van der Waals surface area contributed by atoms with E-state index in [4.69, 9.17) is 4.74 Å². The summed E-state index contributed by atoms with van der Waals surface area (Å²) in [5.41, 5.74) is -0.0248. The van der Waals surface area contributed by atoms with E-state index in [0.717, 1.165) is 31.8 Å². The van der Waals surface area contributed by atoms with E-state index in [1.165, 1.54) is 0 Å². The summed E-state index contributed by atoms with van der Waals surface area (Å²) in [5, 5.41) is 10.1. The van der Waals surface area contributed by atoms with Crippen molar-refractivity contribution in [2.24, 2.45) is 0 Å². The van der Waals surface area contributed by atoms with Crippen LogP contribution in [-0.2, 0) is 10.2 Å². The number of piperidine rings is 1. The molecule has 0 spiro atoms. The molecule has 2 heterocycles. The van der Waals surface area contributed by atoms with Gasteiger partial charge in [0.05, 0.1) is 6.61 Å². The minimum Gasteiger partial charge on any atom is -0.460 e. The molecule has 0 unspecified atom stereocenters. The first-order valence-electron chi connectivity index (χ1n) is 5.96. The Kier molecular flexibility index (Phi) is 3.42. The number of hydrogen-bond donors (Lipinski definition) is 2. The minimum absolute atomic E-state index is 0.0248. The van der Waals surface area contributed by atoms with Crippen molar-refractivity contribution in [2.75, 3.05) is 19.7 Å². The Morgan fingerprint density at radius 3 is 2.82 bits per heavy atom. The van der Waals surface area contributed by atoms with Gasteiger partial charge in [-0.1, -0.05) is 6.92 Å². The average molecular weight is 238 g/mol. The molecule has 1 saturated heterocycles. The maximum atomic E-state index is 11.5. The fourth-order valence-electron chi connectivity index (χ4n) is 2.03. The molecule has 6 nitrogen and oxygen atoms in total. The Bertz CT molecular complexity index is 396. The predicted octanol–water partition coefficient (Wildman–Crippen LogP) is 0.622. The lowest BCUT2D eigenvalue weighted by Crippen LogP contribution is -2.38. The molecule has 6 heteroatoms. The highest BCUT2D eigenvalue weighted by Crippen LogP contribution is 2.30. The van der Waals surface area contributed by atoms with Crippen LogP contribution < -0.4 is 5.32 Å². The van der Waals surface area contributed by atoms with Crippen LogP contribution in [0.1, 0.15) is 43.1 Å². The van der Waals surface area contributed by atoms with Crippen LogP contribution in [0, 0.1) is 0 Å². The van der Waals surface area contributed by atoms with Crippen molar-refractivity contribution < 1.29 is 9.53 Å². The molecule has 17 heavy (non-hydrogen) atoms. The summed E-state index contributed by atoms with van der Waals surface area (Å²) in [6.07, 6.45) is 1.98. The Morgan fingerprint density at radius 2 is 2.18 bits per heavy atom. The summed E-state index contributed by atoms with van der Waals surface area (Å²) in [6, 6.07) is 0. The predicted molar refractivity (Wildman–Crippen MR) is 61.8 cm³/mol. The number of carbonyl (C=O) groups excluding carboxylic acids is 1. The van der Waals surface area contributed by atoms with Crippen molar-refractivity contribution in [1.29, 1.82) is 0 Å². The molecule has 0 radical (unpaired) electrons. The van der Waals surface area contributed by atoms with Gasteiger partial charge < -0.3 is 10.1 Å². The molecule has 0 aliphatic carbocycles. The molecule has 0 amide bonds. The SMILES string of the molecule is CCOC(=O)c1n[nH]c(C2(C)CCNCC2)n1. The zero-order valence-corrected chi connectivity index (χ0v) is 10.2. The van der Waals surface area contributed by atoms with E-state index in [-0.39, 0.29) is 11.2 Å². The monoisotopic (exact) mass is 238 g/mol. The molecule has 1 aromatic rings. The van der Waals surface area contributed by atoms with E-state index in [1.807, 2.05) is 0 Å². The molecule has 1 aromatic heterocycles. The minimum atomic E-state index is -0.465. The number of hydrogen-bond acceptors (Lipinski definition) is 5. The first-order chi connectivity index (χ1) is 8.15. The molecule has 2 N–H and O–H groups in total. The van der Waals surface area contributed by atoms with Crippen molar-refractivity contribution in [2.45, 2.75) is 32.1 Å². The molecule has 0 bridgehead atoms. The summed E-state index contributed by atoms with van der Waals surface area (Å²) in [7, 11) is 0. The smallest absolute Gasteiger partial charge is 0.378 e. The Balaban J connectivity index is 2.14. The number of esters is 1. The third-order valence-electron chi connectivity index (χ3n) is 3.22. The standard InChI is InChI=1S/C11H18N4O2/c1-3-17-9(16)8-13-10(15-14-8)11(2)4-6-12-7-5-11/h12H,3-7H2,1-2H3,(H,13,14,15). The Labute approximate surface area is 100 Å². The van der Waals surface area contributed by atoms with Gasteiger partial charge in [0.15, 0.2) is 0 Å². The molecule has 1 aliphatic rings. The zero-order chi connectivity index (χ0) is 12.3. The third-order valence-corrected chi connectivity index (χ3v) is 3.22. The van der Waals surface area contributed by atoms with Gasteiger partial charge in [0, 0.05) is 5.41 Å². The largest absolute Gasteiger partial charge is 0.460 e. The molecular weight excluding hydrogens is 220 g/mol. The lowest BCUT2D eigenvalue weighted by molar-refractivity contribution is 0.0512. The molecule has 94 valence electrons. The van der Waals surface area contributed by atoms with Crippen LogP contribution in [-0.4, -0.2) is 40.8 Å². The summed E-state index contributed by atoms with van der Waals surface area (Å²) in [5.74, 6) is 0.441. The first-order valence-corrected chi connectivity index (χ1v) is 5.96. The van der Waals surface area contributed by atoms with Crippen molar-refractivity contribution in [3.8, 4) is 0 Å². The van der Waals surface area contributed by atoms with E-state index in [2.05, 4.69) is 27.4 Å². The maximum Gasteiger partial charge on any atom is 0.378 e. The van der Waals surface area contributed by atoms with E-state index in [1.54, 1.807) is 6.92 Å². The normalized spacial score (nSPS) is 18.9. The van der Waals surface area contributed by atoms with Crippen molar-refractivity contribution in [3.05, 3.63) is 11.6 Å². The second kappa shape index (κ2) is 4.83. The summed E-state index contributed by atoms with van der Waals surface area (Å²) < 4.78 is 4.87. The van der Waals surface area contributed by atoms with Crippen LogP contribution in [0.4, 0.5) is 0 Å². The molecule has 0 saturated carbocycles. The van der Waals surface area contributed by atoms with E-state index >= 15 is 0 Å². The Morgan fingerprint density at radius 1 is 1.47 bits per heavy atom. The number of H-pyrrole nitrogens is 1. The Hall–Kier alpha value is -1.43. The molecule has 1 aliphatic heterocycles. The quantitative estimate of drug-likeness (QED) is 0.755. The van der Waals surface area contributed by atoms with Gasteiger partial charge in [-0.3, -0.25) is 5.10 Å². The van der Waals surface area contributed by atoms with Gasteiger partial charge >= 0.3 is 5.97 Å². The second-order valence-electron chi connectivity index (χ2n) is 4.54. The van der Waals surface area contributed by atoms with E-state index < -0.39 is 5.97 Å². The van der Waals surface area contributed by atoms with E-state index in [0.29, 0.717) is 6.61 Å². The lowest BCUT2D eigenvalue weighted by Gasteiger charge is -2.31. The fraction of sp³-hybridized carbons (Fsp3) is 0.727. The highest BCUT2D eigenvalue weighted by atomic mass is 16.5. The fourth-order valence-corrected chi connectivity index (χ4v) is 2.03. The van der Waals surface area contributed by atoms with Gasteiger partial charge in [-0.15, -0.1) is 5.10 Å². The summed E-state index contributed by atoms with van der Waals surface area (Å²) in [6.45, 7) is 6.17. The maximum absolute atomic E-state index is 11.5. The molecule has 1 fully saturated rings. The average Bonchev–Trinajstić information content (AvgIpc) is 2.80. The van der Waals surface area contributed by atoms with Gasteiger partial charge in [-0.25, -0.2) is 9.78 Å². The first kappa shape index (κ1) is 12.0. The highest BCUT2D eigenvalue weighted by molar-refractivity contribution is 5.84. The van der Waals surface area contributed by atoms with Crippen LogP contribution >= 0.6 is 0 Å². The van der Waals surface area contributed by atoms with Crippen LogP contribution in [0.3, 0.4) is 0 Å². The number of nitrogens with one attached hydrogen (secondary N) is 2. The van der Waals surface area contributed by atoms with Crippen LogP contribution in [0.2, 0.25) is 0 Å². The van der Waals surface area contributed by atoms with E-state index in [9.17, 15) is 4.79 Å². The van der Waals surface area contributed by atoms with Gasteiger partial charge in [0.25, 0.3) is 5.82 Å². The molecule has 2 rings (SSSR count). The van der Waals surface area contributed by atoms with Gasteiger partial charge in [0.1, 0.15) is 5.82 Å².